The summed E-state index contributed by atoms with van der Waals surface area (Å²) in [4.78, 5) is 29.2. The quantitative estimate of drug-likeness (QED) is 0.264. The number of hydrogen-bond donors (Lipinski definition) is 1. The molecule has 1 atom stereocenters. The van der Waals surface area contributed by atoms with Gasteiger partial charge in [-0.2, -0.15) is 0 Å². The van der Waals surface area contributed by atoms with E-state index in [9.17, 15) is 18.0 Å². The number of nitrogens with zero attached hydrogens (tertiary/aromatic N) is 2. The van der Waals surface area contributed by atoms with Crippen molar-refractivity contribution in [2.24, 2.45) is 0 Å². The Labute approximate surface area is 248 Å². The second kappa shape index (κ2) is 14.9. The number of rotatable bonds is 14. The molecule has 0 aliphatic rings. The van der Waals surface area contributed by atoms with E-state index in [1.54, 1.807) is 6.07 Å². The van der Waals surface area contributed by atoms with E-state index < -0.39 is 28.5 Å². The number of unbranched alkanes of at least 4 members (excludes halogenated alkanes) is 1. The van der Waals surface area contributed by atoms with E-state index in [-0.39, 0.29) is 29.6 Å². The summed E-state index contributed by atoms with van der Waals surface area (Å²) in [5.74, 6) is -0.430. The Bertz CT molecular complexity index is 1430. The van der Waals surface area contributed by atoms with Gasteiger partial charge in [-0.15, -0.1) is 0 Å². The number of amides is 2. The molecule has 0 fully saturated rings. The zero-order valence-corrected chi connectivity index (χ0v) is 25.5. The molecule has 10 heteroatoms. The fraction of sp³-hybridized carbons (Fsp3) is 0.355. The molecule has 3 aromatic rings. The van der Waals surface area contributed by atoms with Crippen LogP contribution >= 0.6 is 11.6 Å². The van der Waals surface area contributed by atoms with E-state index in [4.69, 9.17) is 16.3 Å². The van der Waals surface area contributed by atoms with Crippen LogP contribution in [0.4, 0.5) is 5.69 Å². The van der Waals surface area contributed by atoms with Crippen LogP contribution < -0.4 is 14.4 Å². The summed E-state index contributed by atoms with van der Waals surface area (Å²) >= 11 is 6.29. The molecule has 3 aromatic carbocycles. The zero-order valence-electron chi connectivity index (χ0n) is 24.0. The Morgan fingerprint density at radius 3 is 2.32 bits per heavy atom. The minimum atomic E-state index is -3.90. The molecule has 41 heavy (non-hydrogen) atoms. The first-order valence-electron chi connectivity index (χ1n) is 13.5. The van der Waals surface area contributed by atoms with Gasteiger partial charge in [0.25, 0.3) is 0 Å². The Balaban J connectivity index is 2.04. The van der Waals surface area contributed by atoms with Gasteiger partial charge in [0.05, 0.1) is 24.1 Å². The molecule has 0 aliphatic heterocycles. The lowest BCUT2D eigenvalue weighted by molar-refractivity contribution is -0.140. The van der Waals surface area contributed by atoms with Crippen LogP contribution in [-0.4, -0.2) is 57.6 Å². The highest BCUT2D eigenvalue weighted by Crippen LogP contribution is 2.30. The maximum Gasteiger partial charge on any atom is 0.244 e. The third-order valence-corrected chi connectivity index (χ3v) is 8.07. The standard InChI is InChI=1S/C31H38ClN3O5S/c1-5-6-17-33-31(37)28(19-24-12-8-7-9-13-24)34(21-25-14-10-11-23(2)18-25)30(36)22-35(41(4,38)39)26-15-16-29(40-3)27(32)20-26/h7-16,18,20,28H,5-6,17,19,21-22H2,1-4H3,(H,33,37)/t28-/m1/s1. The predicted octanol–water partition coefficient (Wildman–Crippen LogP) is 4.98. The molecule has 0 bridgehead atoms. The molecular formula is C31H38ClN3O5S. The van der Waals surface area contributed by atoms with Gasteiger partial charge in [0.15, 0.2) is 0 Å². The fourth-order valence-corrected chi connectivity index (χ4v) is 5.58. The van der Waals surface area contributed by atoms with Crippen LogP contribution in [0.5, 0.6) is 5.75 Å². The summed E-state index contributed by atoms with van der Waals surface area (Å²) in [6, 6.07) is 20.8. The van der Waals surface area contributed by atoms with Gasteiger partial charge in [-0.1, -0.05) is 85.1 Å². The van der Waals surface area contributed by atoms with Gasteiger partial charge < -0.3 is 15.0 Å². The molecule has 0 radical (unpaired) electrons. The number of benzene rings is 3. The van der Waals surface area contributed by atoms with Crippen molar-refractivity contribution in [2.45, 2.75) is 45.7 Å². The molecule has 220 valence electrons. The van der Waals surface area contributed by atoms with Crippen molar-refractivity contribution >= 4 is 39.1 Å². The third-order valence-electron chi connectivity index (χ3n) is 6.64. The smallest absolute Gasteiger partial charge is 0.244 e. The van der Waals surface area contributed by atoms with Crippen molar-refractivity contribution < 1.29 is 22.7 Å². The monoisotopic (exact) mass is 599 g/mol. The van der Waals surface area contributed by atoms with E-state index in [2.05, 4.69) is 5.32 Å². The Morgan fingerprint density at radius 2 is 1.71 bits per heavy atom. The maximum absolute atomic E-state index is 14.1. The van der Waals surface area contributed by atoms with Crippen LogP contribution in [0.1, 0.15) is 36.5 Å². The molecule has 0 aromatic heterocycles. The highest BCUT2D eigenvalue weighted by molar-refractivity contribution is 7.92. The average Bonchev–Trinajstić information content (AvgIpc) is 2.93. The zero-order chi connectivity index (χ0) is 30.0. The number of methoxy groups -OCH3 is 1. The molecule has 0 heterocycles. The molecule has 8 nitrogen and oxygen atoms in total. The highest BCUT2D eigenvalue weighted by atomic mass is 35.5. The number of carbonyl (C=O) groups excluding carboxylic acids is 2. The van der Waals surface area contributed by atoms with Gasteiger partial charge in [-0.05, 0) is 42.7 Å². The summed E-state index contributed by atoms with van der Waals surface area (Å²) < 4.78 is 32.1. The molecule has 0 unspecified atom stereocenters. The second-order valence-electron chi connectivity index (χ2n) is 9.95. The van der Waals surface area contributed by atoms with Crippen molar-refractivity contribution in [2.75, 3.05) is 30.8 Å². The molecule has 0 saturated heterocycles. The maximum atomic E-state index is 14.1. The van der Waals surface area contributed by atoms with E-state index in [0.717, 1.165) is 40.1 Å². The van der Waals surface area contributed by atoms with Crippen LogP contribution in [0.15, 0.2) is 72.8 Å². The normalized spacial score (nSPS) is 11.9. The Kier molecular flexibility index (Phi) is 11.6. The predicted molar refractivity (Wildman–Crippen MR) is 164 cm³/mol. The third kappa shape index (κ3) is 9.23. The van der Waals surface area contributed by atoms with Crippen LogP contribution in [0.25, 0.3) is 0 Å². The van der Waals surface area contributed by atoms with Crippen molar-refractivity contribution in [3.05, 3.63) is 94.5 Å². The van der Waals surface area contributed by atoms with Crippen molar-refractivity contribution in [3.63, 3.8) is 0 Å². The fourth-order valence-electron chi connectivity index (χ4n) is 4.49. The minimum Gasteiger partial charge on any atom is -0.495 e. The van der Waals surface area contributed by atoms with Gasteiger partial charge in [0, 0.05) is 19.5 Å². The first-order chi connectivity index (χ1) is 19.5. The van der Waals surface area contributed by atoms with Crippen molar-refractivity contribution in [1.82, 2.24) is 10.2 Å². The van der Waals surface area contributed by atoms with Gasteiger partial charge >= 0.3 is 0 Å². The van der Waals surface area contributed by atoms with E-state index in [0.29, 0.717) is 12.3 Å². The molecule has 0 spiro atoms. The van der Waals surface area contributed by atoms with E-state index >= 15 is 0 Å². The lowest BCUT2D eigenvalue weighted by Gasteiger charge is -2.33. The second-order valence-corrected chi connectivity index (χ2v) is 12.3. The van der Waals surface area contributed by atoms with Gasteiger partial charge in [0.1, 0.15) is 18.3 Å². The summed E-state index contributed by atoms with van der Waals surface area (Å²) in [7, 11) is -2.44. The molecule has 1 N–H and O–H groups in total. The lowest BCUT2D eigenvalue weighted by atomic mass is 10.0. The summed E-state index contributed by atoms with van der Waals surface area (Å²) in [5, 5.41) is 3.18. The molecular weight excluding hydrogens is 562 g/mol. The van der Waals surface area contributed by atoms with Crippen LogP contribution in [0, 0.1) is 6.92 Å². The minimum absolute atomic E-state index is 0.125. The molecule has 0 saturated carbocycles. The van der Waals surface area contributed by atoms with Gasteiger partial charge in [-0.25, -0.2) is 8.42 Å². The SMILES string of the molecule is CCCCNC(=O)[C@@H](Cc1ccccc1)N(Cc1cccc(C)c1)C(=O)CN(c1ccc(OC)c(Cl)c1)S(C)(=O)=O. The summed E-state index contributed by atoms with van der Waals surface area (Å²) in [5.41, 5.74) is 2.94. The lowest BCUT2D eigenvalue weighted by Crippen LogP contribution is -2.53. The van der Waals surface area contributed by atoms with Crippen molar-refractivity contribution in [1.29, 1.82) is 0 Å². The van der Waals surface area contributed by atoms with E-state index in [1.165, 1.54) is 24.1 Å². The topological polar surface area (TPSA) is 96.0 Å². The van der Waals surface area contributed by atoms with Gasteiger partial charge in [0.2, 0.25) is 21.8 Å². The summed E-state index contributed by atoms with van der Waals surface area (Å²) in [6.45, 7) is 4.08. The molecule has 0 aliphatic carbocycles. The molecule has 3 rings (SSSR count). The number of ether oxygens (including phenoxy) is 1. The summed E-state index contributed by atoms with van der Waals surface area (Å²) in [6.07, 6.45) is 3.00. The first kappa shape index (κ1) is 32.0. The average molecular weight is 600 g/mol. The molecule has 2 amide bonds. The highest BCUT2D eigenvalue weighted by Gasteiger charge is 2.33. The van der Waals surface area contributed by atoms with E-state index in [1.807, 2.05) is 68.4 Å². The number of hydrogen-bond acceptors (Lipinski definition) is 5. The van der Waals surface area contributed by atoms with Crippen molar-refractivity contribution in [3.8, 4) is 5.75 Å². The largest absolute Gasteiger partial charge is 0.495 e. The van der Waals surface area contributed by atoms with Crippen LogP contribution in [0.3, 0.4) is 0 Å². The Hall–Kier alpha value is -3.56. The van der Waals surface area contributed by atoms with Gasteiger partial charge in [-0.3, -0.25) is 13.9 Å². The number of carbonyl (C=O) groups is 2. The van der Waals surface area contributed by atoms with Crippen LogP contribution in [0.2, 0.25) is 5.02 Å². The first-order valence-corrected chi connectivity index (χ1v) is 15.7. The van der Waals surface area contributed by atoms with Crippen LogP contribution in [-0.2, 0) is 32.6 Å². The Morgan fingerprint density at radius 1 is 1.00 bits per heavy atom. The number of sulfonamides is 1. The number of aryl methyl sites for hydroxylation is 1. The number of anilines is 1. The number of nitrogens with one attached hydrogen (secondary N) is 1. The number of halogens is 1.